The second-order valence-corrected chi connectivity index (χ2v) is 4.75. The molecule has 0 saturated carbocycles. The second-order valence-electron chi connectivity index (χ2n) is 4.75. The van der Waals surface area contributed by atoms with Crippen molar-refractivity contribution in [2.45, 2.75) is 25.3 Å². The van der Waals surface area contributed by atoms with E-state index in [1.165, 1.54) is 4.90 Å². The predicted octanol–water partition coefficient (Wildman–Crippen LogP) is 0.588. The Morgan fingerprint density at radius 2 is 2.21 bits per heavy atom. The first-order chi connectivity index (χ1) is 9.09. The Morgan fingerprint density at radius 1 is 1.42 bits per heavy atom. The van der Waals surface area contributed by atoms with Gasteiger partial charge >= 0.3 is 6.03 Å². The SMILES string of the molecule is CC1(c2cccnc2)NC(=O)N(CCCCN)C1=O. The van der Waals surface area contributed by atoms with Crippen LogP contribution in [0.1, 0.15) is 25.3 Å². The van der Waals surface area contributed by atoms with E-state index in [4.69, 9.17) is 5.73 Å². The van der Waals surface area contributed by atoms with Crippen molar-refractivity contribution in [2.24, 2.45) is 5.73 Å². The van der Waals surface area contributed by atoms with Crippen molar-refractivity contribution in [2.75, 3.05) is 13.1 Å². The van der Waals surface area contributed by atoms with Crippen LogP contribution in [0.5, 0.6) is 0 Å². The van der Waals surface area contributed by atoms with Gasteiger partial charge in [0, 0.05) is 24.5 Å². The van der Waals surface area contributed by atoms with E-state index in [9.17, 15) is 9.59 Å². The molecule has 1 aliphatic rings. The molecule has 0 aromatic carbocycles. The predicted molar refractivity (Wildman–Crippen MR) is 70.1 cm³/mol. The van der Waals surface area contributed by atoms with Gasteiger partial charge in [0.1, 0.15) is 5.54 Å². The molecule has 6 heteroatoms. The molecule has 1 aliphatic heterocycles. The van der Waals surface area contributed by atoms with Crippen LogP contribution in [-0.2, 0) is 10.3 Å². The number of rotatable bonds is 5. The Hall–Kier alpha value is -1.95. The quantitative estimate of drug-likeness (QED) is 0.600. The Bertz CT molecular complexity index is 477. The van der Waals surface area contributed by atoms with Crippen molar-refractivity contribution in [1.82, 2.24) is 15.2 Å². The van der Waals surface area contributed by atoms with E-state index in [1.54, 1.807) is 31.5 Å². The molecule has 0 aliphatic carbocycles. The molecule has 2 heterocycles. The van der Waals surface area contributed by atoms with Crippen molar-refractivity contribution in [3.63, 3.8) is 0 Å². The maximum Gasteiger partial charge on any atom is 0.325 e. The van der Waals surface area contributed by atoms with Crippen molar-refractivity contribution < 1.29 is 9.59 Å². The van der Waals surface area contributed by atoms with Crippen molar-refractivity contribution in [1.29, 1.82) is 0 Å². The van der Waals surface area contributed by atoms with Crippen LogP contribution in [0, 0.1) is 0 Å². The Balaban J connectivity index is 2.17. The fourth-order valence-electron chi connectivity index (χ4n) is 2.17. The fourth-order valence-corrected chi connectivity index (χ4v) is 2.17. The summed E-state index contributed by atoms with van der Waals surface area (Å²) in [7, 11) is 0. The average Bonchev–Trinajstić information content (AvgIpc) is 2.64. The summed E-state index contributed by atoms with van der Waals surface area (Å²) in [5.41, 5.74) is 5.08. The first-order valence-corrected chi connectivity index (χ1v) is 6.34. The summed E-state index contributed by atoms with van der Waals surface area (Å²) in [5, 5.41) is 2.74. The van der Waals surface area contributed by atoms with Crippen LogP contribution in [0.15, 0.2) is 24.5 Å². The third-order valence-electron chi connectivity index (χ3n) is 3.35. The number of amides is 3. The minimum Gasteiger partial charge on any atom is -0.330 e. The van der Waals surface area contributed by atoms with E-state index >= 15 is 0 Å². The van der Waals surface area contributed by atoms with Gasteiger partial charge in [-0.1, -0.05) is 6.07 Å². The summed E-state index contributed by atoms with van der Waals surface area (Å²) < 4.78 is 0. The Kier molecular flexibility index (Phi) is 3.80. The molecule has 0 radical (unpaired) electrons. The van der Waals surface area contributed by atoms with Gasteiger partial charge in [0.15, 0.2) is 0 Å². The van der Waals surface area contributed by atoms with Gasteiger partial charge in [-0.25, -0.2) is 4.79 Å². The highest BCUT2D eigenvalue weighted by Gasteiger charge is 2.48. The normalized spacial score (nSPS) is 22.7. The van der Waals surface area contributed by atoms with Crippen molar-refractivity contribution in [3.05, 3.63) is 30.1 Å². The van der Waals surface area contributed by atoms with Crippen LogP contribution >= 0.6 is 0 Å². The maximum absolute atomic E-state index is 12.4. The fraction of sp³-hybridized carbons (Fsp3) is 0.462. The van der Waals surface area contributed by atoms with Crippen LogP contribution in [-0.4, -0.2) is 34.9 Å². The van der Waals surface area contributed by atoms with Crippen LogP contribution in [0.4, 0.5) is 4.79 Å². The van der Waals surface area contributed by atoms with Crippen LogP contribution in [0.2, 0.25) is 0 Å². The van der Waals surface area contributed by atoms with E-state index in [0.29, 0.717) is 18.7 Å². The highest BCUT2D eigenvalue weighted by atomic mass is 16.2. The molecule has 1 atom stereocenters. The Morgan fingerprint density at radius 3 is 2.84 bits per heavy atom. The molecule has 1 saturated heterocycles. The summed E-state index contributed by atoms with van der Waals surface area (Å²) in [6.45, 7) is 2.66. The third kappa shape index (κ3) is 2.44. The molecular formula is C13H18N4O2. The first-order valence-electron chi connectivity index (χ1n) is 6.34. The van der Waals surface area contributed by atoms with Gasteiger partial charge in [0.25, 0.3) is 5.91 Å². The number of pyridine rings is 1. The van der Waals surface area contributed by atoms with Gasteiger partial charge in [-0.3, -0.25) is 14.7 Å². The van der Waals surface area contributed by atoms with E-state index in [0.717, 1.165) is 12.8 Å². The number of carbonyl (C=O) groups excluding carboxylic acids is 2. The highest BCUT2D eigenvalue weighted by molar-refractivity contribution is 6.07. The summed E-state index contributed by atoms with van der Waals surface area (Å²) in [4.78, 5) is 29.6. The van der Waals surface area contributed by atoms with E-state index < -0.39 is 5.54 Å². The van der Waals surface area contributed by atoms with Crippen molar-refractivity contribution >= 4 is 11.9 Å². The lowest BCUT2D eigenvalue weighted by Crippen LogP contribution is -2.41. The number of imide groups is 1. The number of carbonyl (C=O) groups is 2. The van der Waals surface area contributed by atoms with E-state index in [2.05, 4.69) is 10.3 Å². The molecule has 0 bridgehead atoms. The number of nitrogens with zero attached hydrogens (tertiary/aromatic N) is 2. The van der Waals surface area contributed by atoms with Gasteiger partial charge in [-0.05, 0) is 32.4 Å². The van der Waals surface area contributed by atoms with Gasteiger partial charge in [0.05, 0.1) is 0 Å². The number of hydrogen-bond donors (Lipinski definition) is 2. The van der Waals surface area contributed by atoms with Gasteiger partial charge in [-0.15, -0.1) is 0 Å². The van der Waals surface area contributed by atoms with Gasteiger partial charge < -0.3 is 11.1 Å². The van der Waals surface area contributed by atoms with Gasteiger partial charge in [0.2, 0.25) is 0 Å². The number of hydrogen-bond acceptors (Lipinski definition) is 4. The highest BCUT2D eigenvalue weighted by Crippen LogP contribution is 2.28. The summed E-state index contributed by atoms with van der Waals surface area (Å²) in [6.07, 6.45) is 4.74. The second kappa shape index (κ2) is 5.36. The average molecular weight is 262 g/mol. The lowest BCUT2D eigenvalue weighted by atomic mass is 9.93. The monoisotopic (exact) mass is 262 g/mol. The molecule has 102 valence electrons. The number of urea groups is 1. The number of unbranched alkanes of at least 4 members (excludes halogenated alkanes) is 1. The molecule has 2 rings (SSSR count). The van der Waals surface area contributed by atoms with Crippen LogP contribution in [0.3, 0.4) is 0 Å². The standard InChI is InChI=1S/C13H18N4O2/c1-13(10-5-4-7-15-9-10)11(18)17(12(19)16-13)8-3-2-6-14/h4-5,7,9H,2-3,6,8,14H2,1H3,(H,16,19). The smallest absolute Gasteiger partial charge is 0.325 e. The molecule has 1 unspecified atom stereocenters. The van der Waals surface area contributed by atoms with Crippen LogP contribution < -0.4 is 11.1 Å². The molecule has 1 aromatic rings. The maximum atomic E-state index is 12.4. The molecule has 3 N–H and O–H groups in total. The molecule has 3 amide bonds. The third-order valence-corrected chi connectivity index (χ3v) is 3.35. The lowest BCUT2D eigenvalue weighted by molar-refractivity contribution is -0.131. The zero-order valence-corrected chi connectivity index (χ0v) is 10.9. The molecule has 19 heavy (non-hydrogen) atoms. The molecule has 1 aromatic heterocycles. The lowest BCUT2D eigenvalue weighted by Gasteiger charge is -2.21. The van der Waals surface area contributed by atoms with Crippen LogP contribution in [0.25, 0.3) is 0 Å². The Labute approximate surface area is 112 Å². The topological polar surface area (TPSA) is 88.3 Å². The molecule has 6 nitrogen and oxygen atoms in total. The molecule has 0 spiro atoms. The summed E-state index contributed by atoms with van der Waals surface area (Å²) >= 11 is 0. The first kappa shape index (κ1) is 13.5. The number of nitrogens with two attached hydrogens (primary N) is 1. The van der Waals surface area contributed by atoms with Gasteiger partial charge in [-0.2, -0.15) is 0 Å². The molecule has 1 fully saturated rings. The van der Waals surface area contributed by atoms with E-state index in [-0.39, 0.29) is 11.9 Å². The minimum absolute atomic E-state index is 0.234. The van der Waals surface area contributed by atoms with E-state index in [1.807, 2.05) is 0 Å². The number of aromatic nitrogens is 1. The minimum atomic E-state index is -1.02. The molecular weight excluding hydrogens is 244 g/mol. The summed E-state index contributed by atoms with van der Waals surface area (Å²) in [6, 6.07) is 3.18. The largest absolute Gasteiger partial charge is 0.330 e. The zero-order chi connectivity index (χ0) is 13.9. The number of nitrogens with one attached hydrogen (secondary N) is 1. The summed E-state index contributed by atoms with van der Waals surface area (Å²) in [5.74, 6) is -0.234. The van der Waals surface area contributed by atoms with Crippen molar-refractivity contribution in [3.8, 4) is 0 Å². The zero-order valence-electron chi connectivity index (χ0n) is 10.9.